The van der Waals surface area contributed by atoms with Gasteiger partial charge >= 0.3 is 0 Å². The van der Waals surface area contributed by atoms with Crippen molar-refractivity contribution in [1.29, 1.82) is 0 Å². The van der Waals surface area contributed by atoms with Crippen molar-refractivity contribution in [2.75, 3.05) is 40.5 Å². The van der Waals surface area contributed by atoms with Crippen LogP contribution in [-0.2, 0) is 19.8 Å². The van der Waals surface area contributed by atoms with Crippen LogP contribution in [0.15, 0.2) is 60.9 Å². The summed E-state index contributed by atoms with van der Waals surface area (Å²) in [6, 6.07) is 16.2. The van der Waals surface area contributed by atoms with Gasteiger partial charge in [-0.3, -0.25) is 4.79 Å². The minimum atomic E-state index is -0.531. The number of carbonyl (C=O) groups excluding carboxylic acids is 1. The number of benzene rings is 2. The van der Waals surface area contributed by atoms with Crippen LogP contribution in [0.5, 0.6) is 0 Å². The van der Waals surface area contributed by atoms with Gasteiger partial charge in [-0.15, -0.1) is 0 Å². The minimum absolute atomic E-state index is 0.0819. The molecule has 0 saturated heterocycles. The Balaban J connectivity index is 1.71. The summed E-state index contributed by atoms with van der Waals surface area (Å²) in [6.07, 6.45) is 4.80. The summed E-state index contributed by atoms with van der Waals surface area (Å²) >= 11 is 6.21. The van der Waals surface area contributed by atoms with E-state index in [1.807, 2.05) is 53.7 Å². The molecule has 0 saturated carbocycles. The normalized spacial score (nSPS) is 16.6. The lowest BCUT2D eigenvalue weighted by Crippen LogP contribution is -2.39. The molecule has 0 aliphatic carbocycles. The van der Waals surface area contributed by atoms with E-state index in [4.69, 9.17) is 21.1 Å². The first-order chi connectivity index (χ1) is 15.6. The molecule has 0 bridgehead atoms. The molecule has 2 aromatic carbocycles. The fraction of sp³-hybridized carbons (Fsp3) is 0.360. The second-order valence-corrected chi connectivity index (χ2v) is 8.34. The van der Waals surface area contributed by atoms with Gasteiger partial charge < -0.3 is 18.9 Å². The number of ether oxygens (including phenoxy) is 2. The van der Waals surface area contributed by atoms with Crippen LogP contribution in [0, 0.1) is 0 Å². The molecule has 32 heavy (non-hydrogen) atoms. The van der Waals surface area contributed by atoms with Crippen LogP contribution in [0.25, 0.3) is 11.4 Å². The second kappa shape index (κ2) is 9.86. The highest BCUT2D eigenvalue weighted by Gasteiger charge is 2.44. The van der Waals surface area contributed by atoms with Crippen molar-refractivity contribution in [3.8, 4) is 11.4 Å². The van der Waals surface area contributed by atoms with Gasteiger partial charge in [0.15, 0.2) is 0 Å². The monoisotopic (exact) mass is 453 g/mol. The number of halogens is 1. The quantitative estimate of drug-likeness (QED) is 0.461. The van der Waals surface area contributed by atoms with Crippen molar-refractivity contribution in [2.45, 2.75) is 18.4 Å². The Hall–Kier alpha value is -2.67. The van der Waals surface area contributed by atoms with Crippen molar-refractivity contribution in [3.63, 3.8) is 0 Å². The van der Waals surface area contributed by atoms with Crippen LogP contribution < -0.4 is 0 Å². The maximum atomic E-state index is 13.3. The van der Waals surface area contributed by atoms with E-state index in [0.717, 1.165) is 22.5 Å². The fourth-order valence-electron chi connectivity index (χ4n) is 4.61. The summed E-state index contributed by atoms with van der Waals surface area (Å²) in [7, 11) is 3.29. The smallest absolute Gasteiger partial charge is 0.222 e. The molecule has 1 aliphatic rings. The number of hydrogen-bond acceptors (Lipinski definition) is 4. The number of hydrogen-bond donors (Lipinski definition) is 0. The Bertz CT molecular complexity index is 1060. The topological polar surface area (TPSA) is 56.6 Å². The molecule has 1 aliphatic heterocycles. The first-order valence-corrected chi connectivity index (χ1v) is 11.1. The first-order valence-electron chi connectivity index (χ1n) is 10.8. The zero-order valence-electron chi connectivity index (χ0n) is 18.5. The van der Waals surface area contributed by atoms with Crippen molar-refractivity contribution < 1.29 is 14.3 Å². The summed E-state index contributed by atoms with van der Waals surface area (Å²) in [5, 5.41) is 0.683. The Morgan fingerprint density at radius 1 is 1.06 bits per heavy atom. The Kier molecular flexibility index (Phi) is 6.94. The van der Waals surface area contributed by atoms with E-state index in [0.29, 0.717) is 44.2 Å². The summed E-state index contributed by atoms with van der Waals surface area (Å²) in [5.74, 6) is 0.997. The van der Waals surface area contributed by atoms with Crippen LogP contribution in [0.1, 0.15) is 24.0 Å². The molecule has 1 amide bonds. The number of amides is 1. The molecule has 6 nitrogen and oxygen atoms in total. The largest absolute Gasteiger partial charge is 0.383 e. The average Bonchev–Trinajstić information content (AvgIpc) is 3.39. The van der Waals surface area contributed by atoms with E-state index in [1.165, 1.54) is 0 Å². The first kappa shape index (κ1) is 22.5. The number of methoxy groups -OCH3 is 2. The number of imidazole rings is 1. The van der Waals surface area contributed by atoms with Crippen LogP contribution in [0.2, 0.25) is 5.02 Å². The van der Waals surface area contributed by atoms with Gasteiger partial charge in [0.05, 0.1) is 18.8 Å². The molecule has 1 unspecified atom stereocenters. The summed E-state index contributed by atoms with van der Waals surface area (Å²) < 4.78 is 12.6. The molecule has 168 valence electrons. The van der Waals surface area contributed by atoms with Gasteiger partial charge in [-0.1, -0.05) is 48.0 Å². The van der Waals surface area contributed by atoms with E-state index < -0.39 is 5.54 Å². The van der Waals surface area contributed by atoms with Gasteiger partial charge in [-0.05, 0) is 29.7 Å². The molecule has 0 spiro atoms. The van der Waals surface area contributed by atoms with Crippen molar-refractivity contribution in [1.82, 2.24) is 14.5 Å². The van der Waals surface area contributed by atoms with Crippen molar-refractivity contribution in [2.24, 2.45) is 0 Å². The predicted octanol–water partition coefficient (Wildman–Crippen LogP) is 4.21. The number of nitrogens with zero attached hydrogens (tertiary/aromatic N) is 3. The van der Waals surface area contributed by atoms with Gasteiger partial charge in [-0.25, -0.2) is 4.98 Å². The average molecular weight is 454 g/mol. The zero-order valence-corrected chi connectivity index (χ0v) is 19.2. The van der Waals surface area contributed by atoms with Gasteiger partial charge in [0, 0.05) is 56.7 Å². The van der Waals surface area contributed by atoms with Gasteiger partial charge in [-0.2, -0.15) is 0 Å². The molecule has 1 aromatic heterocycles. The molecule has 3 aromatic rings. The lowest BCUT2D eigenvalue weighted by molar-refractivity contribution is -0.132. The van der Waals surface area contributed by atoms with Crippen LogP contribution >= 0.6 is 11.6 Å². The molecule has 7 heteroatoms. The summed E-state index contributed by atoms with van der Waals surface area (Å²) in [6.45, 7) is 2.07. The van der Waals surface area contributed by atoms with Crippen molar-refractivity contribution >= 4 is 17.5 Å². The number of fused-ring (bicyclic) bond motifs is 3. The van der Waals surface area contributed by atoms with Gasteiger partial charge in [0.25, 0.3) is 0 Å². The molecular formula is C25H28ClN3O3. The SMILES string of the molecule is COCCN(CCOC)C(=O)CCC1(c2ccc(Cl)cc2)c2ccccc2-c2nccn21. The lowest BCUT2D eigenvalue weighted by Gasteiger charge is -2.34. The second-order valence-electron chi connectivity index (χ2n) is 7.90. The number of carbonyl (C=O) groups is 1. The Labute approximate surface area is 193 Å². The minimum Gasteiger partial charge on any atom is -0.383 e. The molecule has 2 heterocycles. The van der Waals surface area contributed by atoms with Crippen LogP contribution in [0.4, 0.5) is 0 Å². The van der Waals surface area contributed by atoms with E-state index in [2.05, 4.69) is 21.7 Å². The summed E-state index contributed by atoms with van der Waals surface area (Å²) in [4.78, 5) is 19.7. The third-order valence-corrected chi connectivity index (χ3v) is 6.42. The standard InChI is InChI=1S/C25H28ClN3O3/c1-31-17-15-28(16-18-32-2)23(30)11-12-25(19-7-9-20(26)10-8-19)22-6-4-3-5-21(22)24-27-13-14-29(24)25/h3-10,13-14H,11-12,15-18H2,1-2H3. The Morgan fingerprint density at radius 3 is 2.44 bits per heavy atom. The van der Waals surface area contributed by atoms with Crippen LogP contribution in [0.3, 0.4) is 0 Å². The van der Waals surface area contributed by atoms with E-state index in [1.54, 1.807) is 14.2 Å². The van der Waals surface area contributed by atoms with E-state index in [-0.39, 0.29) is 5.91 Å². The van der Waals surface area contributed by atoms with Crippen LogP contribution in [-0.4, -0.2) is 60.9 Å². The van der Waals surface area contributed by atoms with Crippen molar-refractivity contribution in [3.05, 3.63) is 77.1 Å². The molecular weight excluding hydrogens is 426 g/mol. The Morgan fingerprint density at radius 2 is 1.75 bits per heavy atom. The molecule has 4 rings (SSSR count). The maximum Gasteiger partial charge on any atom is 0.222 e. The molecule has 1 atom stereocenters. The molecule has 0 fully saturated rings. The zero-order chi connectivity index (χ0) is 22.6. The molecule has 0 N–H and O–H groups in total. The third-order valence-electron chi connectivity index (χ3n) is 6.17. The highest BCUT2D eigenvalue weighted by molar-refractivity contribution is 6.30. The highest BCUT2D eigenvalue weighted by atomic mass is 35.5. The lowest BCUT2D eigenvalue weighted by atomic mass is 9.79. The third kappa shape index (κ3) is 4.06. The number of rotatable bonds is 10. The fourth-order valence-corrected chi connectivity index (χ4v) is 4.74. The highest BCUT2D eigenvalue weighted by Crippen LogP contribution is 2.49. The number of aromatic nitrogens is 2. The van der Waals surface area contributed by atoms with Gasteiger partial charge in [0.2, 0.25) is 5.91 Å². The predicted molar refractivity (Wildman–Crippen MR) is 125 cm³/mol. The molecule has 0 radical (unpaired) electrons. The van der Waals surface area contributed by atoms with Gasteiger partial charge in [0.1, 0.15) is 5.82 Å². The van der Waals surface area contributed by atoms with E-state index >= 15 is 0 Å². The van der Waals surface area contributed by atoms with E-state index in [9.17, 15) is 4.79 Å². The maximum absolute atomic E-state index is 13.3. The summed E-state index contributed by atoms with van der Waals surface area (Å²) in [5.41, 5.74) is 2.80.